The van der Waals surface area contributed by atoms with E-state index in [0.717, 1.165) is 30.3 Å². The third-order valence-electron chi connectivity index (χ3n) is 5.13. The molecule has 35 heavy (non-hydrogen) atoms. The molecule has 2 aromatic rings. The van der Waals surface area contributed by atoms with Gasteiger partial charge in [-0.15, -0.1) is 0 Å². The Balaban J connectivity index is 1.83. The molecule has 2 rings (SSSR count). The summed E-state index contributed by atoms with van der Waals surface area (Å²) in [7, 11) is -0.0408. The van der Waals surface area contributed by atoms with Crippen molar-refractivity contribution in [3.8, 4) is 0 Å². The Hall–Kier alpha value is -2.21. The third-order valence-corrected chi connectivity index (χ3v) is 7.17. The van der Waals surface area contributed by atoms with Crippen molar-refractivity contribution < 1.29 is 22.7 Å². The first kappa shape index (κ1) is 29.0. The van der Waals surface area contributed by atoms with E-state index in [9.17, 15) is 18.0 Å². The van der Waals surface area contributed by atoms with Gasteiger partial charge in [0.05, 0.1) is 17.9 Å². The van der Waals surface area contributed by atoms with Crippen LogP contribution in [0.2, 0.25) is 0 Å². The molecule has 0 aliphatic rings. The van der Waals surface area contributed by atoms with Gasteiger partial charge in [0.15, 0.2) is 0 Å². The first-order chi connectivity index (χ1) is 16.7. The van der Waals surface area contributed by atoms with Crippen molar-refractivity contribution in [2.45, 2.75) is 35.2 Å². The molecule has 2 aromatic carbocycles. The van der Waals surface area contributed by atoms with E-state index in [1.165, 1.54) is 4.90 Å². The van der Waals surface area contributed by atoms with Gasteiger partial charge in [0.2, 0.25) is 16.4 Å². The molecule has 1 N–H and O–H groups in total. The number of thiol groups is 2. The first-order valence-corrected chi connectivity index (χ1v) is 13.8. The van der Waals surface area contributed by atoms with Crippen LogP contribution in [0.1, 0.15) is 25.7 Å². The maximum absolute atomic E-state index is 12.9. The molecular formula is C24H33N3O5S3. The summed E-state index contributed by atoms with van der Waals surface area (Å²) in [6, 6.07) is 10.6. The highest BCUT2D eigenvalue weighted by Crippen LogP contribution is 2.30. The summed E-state index contributed by atoms with van der Waals surface area (Å²) in [5.74, 6) is -0.552. The maximum atomic E-state index is 12.9. The highest BCUT2D eigenvalue weighted by atomic mass is 32.2. The lowest BCUT2D eigenvalue weighted by atomic mass is 10.1. The molecule has 0 aliphatic heterocycles. The van der Waals surface area contributed by atoms with E-state index in [1.54, 1.807) is 24.4 Å². The summed E-state index contributed by atoms with van der Waals surface area (Å²) in [5, 5.41) is 1.42. The predicted octanol–water partition coefficient (Wildman–Crippen LogP) is 3.45. The number of allylic oxidation sites excluding steroid dienone is 1. The van der Waals surface area contributed by atoms with Crippen LogP contribution in [0, 0.1) is 0 Å². The highest BCUT2D eigenvalue weighted by Gasteiger charge is 2.18. The van der Waals surface area contributed by atoms with E-state index >= 15 is 0 Å². The number of ether oxygens (including phenoxy) is 1. The fourth-order valence-electron chi connectivity index (χ4n) is 3.38. The topological polar surface area (TPSA) is 96.0 Å². The first-order valence-electron chi connectivity index (χ1n) is 11.2. The molecule has 8 nitrogen and oxygen atoms in total. The second-order valence-corrected chi connectivity index (χ2v) is 11.4. The van der Waals surface area contributed by atoms with Gasteiger partial charge in [0.25, 0.3) is 0 Å². The predicted molar refractivity (Wildman–Crippen MR) is 147 cm³/mol. The molecule has 192 valence electrons. The van der Waals surface area contributed by atoms with Gasteiger partial charge in [-0.2, -0.15) is 25.3 Å². The second kappa shape index (κ2) is 14.4. The molecule has 0 saturated carbocycles. The van der Waals surface area contributed by atoms with Gasteiger partial charge in [-0.05, 0) is 31.4 Å². The number of fused-ring (bicyclic) bond motifs is 1. The zero-order valence-corrected chi connectivity index (χ0v) is 22.6. The number of nitrogens with zero attached hydrogens (tertiary/aromatic N) is 2. The summed E-state index contributed by atoms with van der Waals surface area (Å²) in [6.07, 6.45) is 6.59. The van der Waals surface area contributed by atoms with Crippen LogP contribution in [0.25, 0.3) is 10.8 Å². The van der Waals surface area contributed by atoms with E-state index < -0.39 is 16.0 Å². The monoisotopic (exact) mass is 539 g/mol. The fraction of sp³-hybridized carbons (Fsp3) is 0.417. The van der Waals surface area contributed by atoms with Gasteiger partial charge in [-0.3, -0.25) is 9.59 Å². The second-order valence-electron chi connectivity index (χ2n) is 8.03. The molecule has 0 unspecified atom stereocenters. The van der Waals surface area contributed by atoms with Crippen LogP contribution in [0.15, 0.2) is 53.6 Å². The smallest absolute Gasteiger partial charge is 0.307 e. The fourth-order valence-corrected chi connectivity index (χ4v) is 5.00. The van der Waals surface area contributed by atoms with Crippen molar-refractivity contribution >= 4 is 64.1 Å². The molecule has 0 aromatic heterocycles. The number of unbranched alkanes of at least 4 members (excludes halogenated alkanes) is 1. The summed E-state index contributed by atoms with van der Waals surface area (Å²) in [6.45, 7) is 0.129. The SMILES string of the molecule is CN(C)c1cccc2c(S(=O)(=O)NCCC(=O)OCCN(C=O)C=CCCCC(S)S)cccc12. The van der Waals surface area contributed by atoms with E-state index in [0.29, 0.717) is 11.8 Å². The Morgan fingerprint density at radius 2 is 1.86 bits per heavy atom. The molecule has 0 aliphatic carbocycles. The lowest BCUT2D eigenvalue weighted by molar-refractivity contribution is -0.144. The van der Waals surface area contributed by atoms with Crippen LogP contribution in [0.3, 0.4) is 0 Å². The van der Waals surface area contributed by atoms with Gasteiger partial charge in [0, 0.05) is 47.9 Å². The molecule has 0 spiro atoms. The van der Waals surface area contributed by atoms with E-state index in [2.05, 4.69) is 30.0 Å². The number of carbonyl (C=O) groups is 2. The third kappa shape index (κ3) is 9.40. The number of hydrogen-bond donors (Lipinski definition) is 3. The van der Waals surface area contributed by atoms with Gasteiger partial charge in [-0.25, -0.2) is 13.1 Å². The number of benzene rings is 2. The van der Waals surface area contributed by atoms with E-state index in [-0.39, 0.29) is 35.6 Å². The number of anilines is 1. The molecule has 0 bridgehead atoms. The average Bonchev–Trinajstić information content (AvgIpc) is 2.81. The maximum Gasteiger partial charge on any atom is 0.307 e. The van der Waals surface area contributed by atoms with Crippen LogP contribution in [0.5, 0.6) is 0 Å². The average molecular weight is 540 g/mol. The van der Waals surface area contributed by atoms with Crippen molar-refractivity contribution in [3.05, 3.63) is 48.7 Å². The van der Waals surface area contributed by atoms with Crippen LogP contribution in [-0.2, 0) is 24.3 Å². The number of carbonyl (C=O) groups excluding carboxylic acids is 2. The molecule has 0 atom stereocenters. The Morgan fingerprint density at radius 1 is 1.14 bits per heavy atom. The van der Waals surface area contributed by atoms with Gasteiger partial charge in [0.1, 0.15) is 6.61 Å². The summed E-state index contributed by atoms with van der Waals surface area (Å²) >= 11 is 8.39. The van der Waals surface area contributed by atoms with Crippen LogP contribution in [0.4, 0.5) is 5.69 Å². The Kier molecular flexibility index (Phi) is 11.9. The molecular weight excluding hydrogens is 506 g/mol. The molecule has 11 heteroatoms. The van der Waals surface area contributed by atoms with Crippen LogP contribution in [-0.4, -0.2) is 64.1 Å². The van der Waals surface area contributed by atoms with Crippen molar-refractivity contribution in [2.75, 3.05) is 38.7 Å². The minimum Gasteiger partial charge on any atom is -0.464 e. The minimum atomic E-state index is -3.83. The lowest BCUT2D eigenvalue weighted by Gasteiger charge is -2.17. The molecule has 0 heterocycles. The standard InChI is InChI=1S/C24H33N3O5S3/c1-26(2)21-10-6-9-20-19(21)8-7-11-22(20)35(30,31)25-14-13-23(29)32-17-16-27(18-28)15-5-3-4-12-24(33)34/h5-11,15,18,24-25,33-34H,3-4,12-14,16-17H2,1-2H3. The molecule has 0 fully saturated rings. The molecule has 0 saturated heterocycles. The Labute approximate surface area is 218 Å². The lowest BCUT2D eigenvalue weighted by Crippen LogP contribution is -2.28. The zero-order valence-electron chi connectivity index (χ0n) is 20.0. The van der Waals surface area contributed by atoms with Crippen molar-refractivity contribution in [2.24, 2.45) is 0 Å². The highest BCUT2D eigenvalue weighted by molar-refractivity contribution is 7.99. The number of hydrogen-bond acceptors (Lipinski definition) is 8. The van der Waals surface area contributed by atoms with Gasteiger partial charge >= 0.3 is 5.97 Å². The number of nitrogens with one attached hydrogen (secondary N) is 1. The molecule has 1 amide bonds. The number of rotatable bonds is 15. The largest absolute Gasteiger partial charge is 0.464 e. The normalized spacial score (nSPS) is 11.8. The van der Waals surface area contributed by atoms with E-state index in [4.69, 9.17) is 4.74 Å². The van der Waals surface area contributed by atoms with Crippen molar-refractivity contribution in [1.82, 2.24) is 9.62 Å². The van der Waals surface area contributed by atoms with Gasteiger partial charge < -0.3 is 14.5 Å². The van der Waals surface area contributed by atoms with Crippen LogP contribution < -0.4 is 9.62 Å². The minimum absolute atomic E-state index is 0.0145. The quantitative estimate of drug-likeness (QED) is 0.106. The number of esters is 1. The summed E-state index contributed by atoms with van der Waals surface area (Å²) < 4.78 is 33.4. The summed E-state index contributed by atoms with van der Waals surface area (Å²) in [4.78, 5) is 26.6. The number of sulfonamides is 1. The number of amides is 1. The summed E-state index contributed by atoms with van der Waals surface area (Å²) in [5.41, 5.74) is 0.909. The van der Waals surface area contributed by atoms with Crippen LogP contribution >= 0.6 is 25.3 Å². The van der Waals surface area contributed by atoms with E-state index in [1.807, 2.05) is 43.3 Å². The Bertz CT molecular complexity index is 1120. The molecule has 0 radical (unpaired) electrons. The Morgan fingerprint density at radius 3 is 2.54 bits per heavy atom. The van der Waals surface area contributed by atoms with Crippen molar-refractivity contribution in [3.63, 3.8) is 0 Å². The van der Waals surface area contributed by atoms with Gasteiger partial charge in [-0.1, -0.05) is 30.3 Å². The van der Waals surface area contributed by atoms with Crippen molar-refractivity contribution in [1.29, 1.82) is 0 Å². The zero-order chi connectivity index (χ0) is 25.8.